The summed E-state index contributed by atoms with van der Waals surface area (Å²) in [5, 5.41) is 6.13. The van der Waals surface area contributed by atoms with Crippen LogP contribution in [0.15, 0.2) is 60.8 Å². The molecule has 2 aromatic heterocycles. The Morgan fingerprint density at radius 3 is 2.54 bits per heavy atom. The van der Waals surface area contributed by atoms with E-state index in [2.05, 4.69) is 20.6 Å². The number of carbonyl (C=O) groups is 1. The zero-order chi connectivity index (χ0) is 28.6. The van der Waals surface area contributed by atoms with Gasteiger partial charge in [0.15, 0.2) is 6.29 Å². The van der Waals surface area contributed by atoms with Crippen molar-refractivity contribution in [3.05, 3.63) is 78.0 Å². The fourth-order valence-corrected chi connectivity index (χ4v) is 4.39. The van der Waals surface area contributed by atoms with Crippen LogP contribution in [-0.4, -0.2) is 59.0 Å². The minimum absolute atomic E-state index is 0.0654. The number of carbonyl (C=O) groups excluding carboxylic acids is 1. The van der Waals surface area contributed by atoms with Gasteiger partial charge in [-0.3, -0.25) is 4.79 Å². The standard InChI is InChI=1S/C30H33FN6O4/c1-3-13-32-29(38)21-17-40-26(41-18-21)15-25-36-27(20-6-8-22(31)9-7-20)28(37-25)24-12-14-33-30(35-24)34-16-19-4-10-23(39-2)11-5-19/h4-12,14,21,26H,3,13,15-18H2,1-2H3,(H,32,38)(H,36,37)(H,33,34,35). The van der Waals surface area contributed by atoms with E-state index in [9.17, 15) is 9.18 Å². The summed E-state index contributed by atoms with van der Waals surface area (Å²) >= 11 is 0. The predicted octanol–water partition coefficient (Wildman–Crippen LogP) is 4.35. The second-order valence-electron chi connectivity index (χ2n) is 9.67. The number of anilines is 1. The second-order valence-corrected chi connectivity index (χ2v) is 9.67. The van der Waals surface area contributed by atoms with E-state index in [1.165, 1.54) is 12.1 Å². The van der Waals surface area contributed by atoms with Crippen LogP contribution < -0.4 is 15.4 Å². The summed E-state index contributed by atoms with van der Waals surface area (Å²) < 4.78 is 30.6. The van der Waals surface area contributed by atoms with Crippen molar-refractivity contribution in [3.63, 3.8) is 0 Å². The zero-order valence-electron chi connectivity index (χ0n) is 23.0. The Morgan fingerprint density at radius 2 is 1.83 bits per heavy atom. The van der Waals surface area contributed by atoms with Crippen molar-refractivity contribution in [1.29, 1.82) is 0 Å². The highest BCUT2D eigenvalue weighted by Gasteiger charge is 2.28. The third-order valence-electron chi connectivity index (χ3n) is 6.64. The minimum atomic E-state index is -0.558. The average Bonchev–Trinajstić information content (AvgIpc) is 3.43. The summed E-state index contributed by atoms with van der Waals surface area (Å²) in [4.78, 5) is 29.5. The van der Waals surface area contributed by atoms with Gasteiger partial charge in [0.1, 0.15) is 17.4 Å². The second kappa shape index (κ2) is 13.3. The van der Waals surface area contributed by atoms with Crippen LogP contribution in [0.4, 0.5) is 10.3 Å². The normalized spacial score (nSPS) is 16.8. The van der Waals surface area contributed by atoms with E-state index >= 15 is 0 Å². The minimum Gasteiger partial charge on any atom is -0.497 e. The average molecular weight is 561 g/mol. The van der Waals surface area contributed by atoms with Crippen molar-refractivity contribution in [2.75, 3.05) is 32.2 Å². The van der Waals surface area contributed by atoms with E-state index in [4.69, 9.17) is 24.2 Å². The van der Waals surface area contributed by atoms with Gasteiger partial charge >= 0.3 is 0 Å². The van der Waals surface area contributed by atoms with E-state index in [0.29, 0.717) is 48.4 Å². The quantitative estimate of drug-likeness (QED) is 0.247. The molecule has 0 radical (unpaired) electrons. The fraction of sp³-hybridized carbons (Fsp3) is 0.333. The molecule has 0 bridgehead atoms. The van der Waals surface area contributed by atoms with Crippen LogP contribution in [0, 0.1) is 11.7 Å². The number of aromatic nitrogens is 4. The highest BCUT2D eigenvalue weighted by atomic mass is 19.1. The van der Waals surface area contributed by atoms with Gasteiger partial charge in [0, 0.05) is 24.8 Å². The number of methoxy groups -OCH3 is 1. The van der Waals surface area contributed by atoms with Crippen LogP contribution in [0.25, 0.3) is 22.6 Å². The molecule has 4 aromatic rings. The lowest BCUT2D eigenvalue weighted by atomic mass is 10.1. The number of hydrogen-bond acceptors (Lipinski definition) is 8. The molecule has 214 valence electrons. The number of benzene rings is 2. The maximum Gasteiger partial charge on any atom is 0.227 e. The Morgan fingerprint density at radius 1 is 1.07 bits per heavy atom. The summed E-state index contributed by atoms with van der Waals surface area (Å²) in [6.45, 7) is 3.70. The lowest BCUT2D eigenvalue weighted by molar-refractivity contribution is -0.200. The van der Waals surface area contributed by atoms with Gasteiger partial charge in [0.2, 0.25) is 11.9 Å². The van der Waals surface area contributed by atoms with Gasteiger partial charge in [-0.2, -0.15) is 0 Å². The Bertz CT molecular complexity index is 1440. The summed E-state index contributed by atoms with van der Waals surface area (Å²) in [6, 6.07) is 15.7. The highest BCUT2D eigenvalue weighted by molar-refractivity contribution is 5.79. The number of aromatic amines is 1. The molecule has 41 heavy (non-hydrogen) atoms. The number of nitrogens with one attached hydrogen (secondary N) is 3. The molecular weight excluding hydrogens is 527 g/mol. The summed E-state index contributed by atoms with van der Waals surface area (Å²) in [5.41, 5.74) is 3.68. The monoisotopic (exact) mass is 560 g/mol. The van der Waals surface area contributed by atoms with Crippen molar-refractivity contribution in [2.24, 2.45) is 5.92 Å². The number of nitrogens with zero attached hydrogens (tertiary/aromatic N) is 3. The van der Waals surface area contributed by atoms with E-state index in [1.807, 2.05) is 31.2 Å². The molecule has 3 N–H and O–H groups in total. The van der Waals surface area contributed by atoms with Gasteiger partial charge in [-0.1, -0.05) is 19.1 Å². The molecule has 1 saturated heterocycles. The number of hydrogen-bond donors (Lipinski definition) is 3. The smallest absolute Gasteiger partial charge is 0.227 e. The van der Waals surface area contributed by atoms with Gasteiger partial charge in [-0.05, 0) is 54.4 Å². The van der Waals surface area contributed by atoms with Crippen LogP contribution in [0.1, 0.15) is 24.7 Å². The number of imidazole rings is 1. The summed E-state index contributed by atoms with van der Waals surface area (Å²) in [6.07, 6.45) is 2.32. The Hall–Kier alpha value is -4.35. The lowest BCUT2D eigenvalue weighted by Gasteiger charge is -2.28. The van der Waals surface area contributed by atoms with Gasteiger partial charge in [0.05, 0.1) is 49.7 Å². The first kappa shape index (κ1) is 28.2. The maximum atomic E-state index is 13.7. The molecule has 1 fully saturated rings. The SMILES string of the molecule is CCCNC(=O)C1COC(Cc2nc(-c3ccc(F)cc3)c(-c3ccnc(NCc4ccc(OC)cc4)n3)[nH]2)OC1. The number of halogens is 1. The molecule has 11 heteroatoms. The van der Waals surface area contributed by atoms with Crippen molar-refractivity contribution < 1.29 is 23.4 Å². The molecule has 3 heterocycles. The maximum absolute atomic E-state index is 13.7. The number of H-pyrrole nitrogens is 1. The zero-order valence-corrected chi connectivity index (χ0v) is 23.0. The Labute approximate surface area is 237 Å². The lowest BCUT2D eigenvalue weighted by Crippen LogP contribution is -2.42. The fourth-order valence-electron chi connectivity index (χ4n) is 4.39. The van der Waals surface area contributed by atoms with Crippen LogP contribution >= 0.6 is 0 Å². The molecule has 0 saturated carbocycles. The molecule has 1 amide bonds. The molecule has 2 aromatic carbocycles. The van der Waals surface area contributed by atoms with Gasteiger partial charge in [-0.25, -0.2) is 19.3 Å². The Kier molecular flexibility index (Phi) is 9.17. The molecule has 1 aliphatic rings. The molecular formula is C30H33FN6O4. The first-order valence-corrected chi connectivity index (χ1v) is 13.6. The number of amides is 1. The van der Waals surface area contributed by atoms with Crippen LogP contribution in [0.5, 0.6) is 5.75 Å². The number of rotatable bonds is 11. The summed E-state index contributed by atoms with van der Waals surface area (Å²) in [5.74, 6) is 1.11. The molecule has 0 atom stereocenters. The van der Waals surface area contributed by atoms with Gasteiger partial charge < -0.3 is 29.8 Å². The highest BCUT2D eigenvalue weighted by Crippen LogP contribution is 2.30. The van der Waals surface area contributed by atoms with Crippen LogP contribution in [0.3, 0.4) is 0 Å². The number of ether oxygens (including phenoxy) is 3. The van der Waals surface area contributed by atoms with E-state index < -0.39 is 6.29 Å². The molecule has 1 aliphatic heterocycles. The third kappa shape index (κ3) is 7.24. The predicted molar refractivity (Wildman–Crippen MR) is 152 cm³/mol. The third-order valence-corrected chi connectivity index (χ3v) is 6.64. The van der Waals surface area contributed by atoms with Crippen LogP contribution in [0.2, 0.25) is 0 Å². The molecule has 5 rings (SSSR count). The first-order valence-electron chi connectivity index (χ1n) is 13.6. The van der Waals surface area contributed by atoms with E-state index in [1.54, 1.807) is 31.5 Å². The first-order chi connectivity index (χ1) is 20.0. The van der Waals surface area contributed by atoms with Crippen molar-refractivity contribution >= 4 is 11.9 Å². The molecule has 0 aliphatic carbocycles. The Balaban J connectivity index is 1.33. The molecule has 10 nitrogen and oxygen atoms in total. The van der Waals surface area contributed by atoms with Crippen molar-refractivity contribution in [3.8, 4) is 28.4 Å². The van der Waals surface area contributed by atoms with Gasteiger partial charge in [-0.15, -0.1) is 0 Å². The van der Waals surface area contributed by atoms with Gasteiger partial charge in [0.25, 0.3) is 0 Å². The van der Waals surface area contributed by atoms with E-state index in [0.717, 1.165) is 23.3 Å². The van der Waals surface area contributed by atoms with E-state index in [-0.39, 0.29) is 30.9 Å². The largest absolute Gasteiger partial charge is 0.497 e. The summed E-state index contributed by atoms with van der Waals surface area (Å²) in [7, 11) is 1.63. The van der Waals surface area contributed by atoms with Crippen LogP contribution in [-0.2, 0) is 27.2 Å². The van der Waals surface area contributed by atoms with Crippen molar-refractivity contribution in [1.82, 2.24) is 25.3 Å². The molecule has 0 spiro atoms. The molecule has 0 unspecified atom stereocenters. The van der Waals surface area contributed by atoms with Crippen molar-refractivity contribution in [2.45, 2.75) is 32.6 Å². The topological polar surface area (TPSA) is 123 Å².